The van der Waals surface area contributed by atoms with Crippen molar-refractivity contribution >= 4 is 18.0 Å². The third-order valence-electron chi connectivity index (χ3n) is 3.80. The average Bonchev–Trinajstić information content (AvgIpc) is 2.50. The van der Waals surface area contributed by atoms with E-state index in [0.29, 0.717) is 6.42 Å². The normalized spacial score (nSPS) is 18.2. The number of hydrogen-bond donors (Lipinski definition) is 0. The number of ether oxygens (including phenoxy) is 1. The number of carboxylic acids is 1. The first-order chi connectivity index (χ1) is 11.7. The third kappa shape index (κ3) is 5.20. The van der Waals surface area contributed by atoms with E-state index in [1.165, 1.54) is 9.80 Å². The lowest BCUT2D eigenvalue weighted by atomic mass is 10.0. The number of carbonyl (C=O) groups is 3. The summed E-state index contributed by atoms with van der Waals surface area (Å²) in [4.78, 5) is 38.7. The van der Waals surface area contributed by atoms with Crippen LogP contribution >= 0.6 is 0 Å². The van der Waals surface area contributed by atoms with E-state index in [2.05, 4.69) is 0 Å². The van der Waals surface area contributed by atoms with E-state index >= 15 is 0 Å². The van der Waals surface area contributed by atoms with Gasteiger partial charge in [-0.2, -0.15) is 0 Å². The molecule has 0 N–H and O–H groups in total. The van der Waals surface area contributed by atoms with E-state index in [-0.39, 0.29) is 13.1 Å². The van der Waals surface area contributed by atoms with E-state index in [9.17, 15) is 19.5 Å². The number of carboxylic acid groups (broad SMARTS) is 1. The Morgan fingerprint density at radius 3 is 2.40 bits per heavy atom. The van der Waals surface area contributed by atoms with Gasteiger partial charge in [-0.3, -0.25) is 9.69 Å². The second kappa shape index (κ2) is 7.55. The highest BCUT2D eigenvalue weighted by atomic mass is 16.6. The molecule has 0 aliphatic carbocycles. The van der Waals surface area contributed by atoms with Crippen LogP contribution in [0.3, 0.4) is 0 Å². The molecule has 1 aromatic rings. The largest absolute Gasteiger partial charge is 0.548 e. The van der Waals surface area contributed by atoms with Gasteiger partial charge >= 0.3 is 6.09 Å². The van der Waals surface area contributed by atoms with Crippen molar-refractivity contribution in [3.05, 3.63) is 35.9 Å². The zero-order valence-electron chi connectivity index (χ0n) is 14.7. The van der Waals surface area contributed by atoms with E-state index in [1.54, 1.807) is 20.8 Å². The first-order valence-corrected chi connectivity index (χ1v) is 8.19. The second-order valence-electron chi connectivity index (χ2n) is 7.01. The van der Waals surface area contributed by atoms with Gasteiger partial charge in [-0.1, -0.05) is 30.3 Å². The van der Waals surface area contributed by atoms with Gasteiger partial charge in [-0.15, -0.1) is 0 Å². The molecule has 0 spiro atoms. The third-order valence-corrected chi connectivity index (χ3v) is 3.80. The van der Waals surface area contributed by atoms with Crippen LogP contribution in [0.2, 0.25) is 0 Å². The molecular formula is C18H23N2O5-. The van der Waals surface area contributed by atoms with Gasteiger partial charge in [-0.25, -0.2) is 4.79 Å². The molecule has 7 nitrogen and oxygen atoms in total. The van der Waals surface area contributed by atoms with Gasteiger partial charge in [0.1, 0.15) is 11.6 Å². The summed E-state index contributed by atoms with van der Waals surface area (Å²) in [6.07, 6.45) is -0.280. The van der Waals surface area contributed by atoms with Crippen LogP contribution in [0.25, 0.3) is 0 Å². The predicted molar refractivity (Wildman–Crippen MR) is 88.5 cm³/mol. The Balaban J connectivity index is 2.23. The topological polar surface area (TPSA) is 90.0 Å². The summed E-state index contributed by atoms with van der Waals surface area (Å²) in [6.45, 7) is 5.14. The molecule has 0 saturated carbocycles. The van der Waals surface area contributed by atoms with Crippen molar-refractivity contribution in [1.29, 1.82) is 0 Å². The van der Waals surface area contributed by atoms with Crippen molar-refractivity contribution in [2.45, 2.75) is 38.8 Å². The fourth-order valence-electron chi connectivity index (χ4n) is 2.73. The van der Waals surface area contributed by atoms with Crippen molar-refractivity contribution in [2.24, 2.45) is 0 Å². The smallest absolute Gasteiger partial charge is 0.411 e. The van der Waals surface area contributed by atoms with E-state index in [4.69, 9.17) is 4.74 Å². The van der Waals surface area contributed by atoms with Gasteiger partial charge < -0.3 is 19.5 Å². The number of hydrogen-bond acceptors (Lipinski definition) is 5. The molecule has 0 unspecified atom stereocenters. The molecular weight excluding hydrogens is 324 g/mol. The molecule has 1 aromatic carbocycles. The van der Waals surface area contributed by atoms with Gasteiger partial charge in [0.25, 0.3) is 0 Å². The molecule has 7 heteroatoms. The number of aliphatic carboxylic acids is 1. The van der Waals surface area contributed by atoms with Crippen LogP contribution in [0.5, 0.6) is 0 Å². The monoisotopic (exact) mass is 347 g/mol. The highest BCUT2D eigenvalue weighted by molar-refractivity contribution is 5.89. The van der Waals surface area contributed by atoms with Crippen LogP contribution in [0.15, 0.2) is 30.3 Å². The van der Waals surface area contributed by atoms with Gasteiger partial charge in [0.2, 0.25) is 5.91 Å². The van der Waals surface area contributed by atoms with Crippen molar-refractivity contribution in [3.63, 3.8) is 0 Å². The first kappa shape index (κ1) is 18.8. The van der Waals surface area contributed by atoms with Crippen LogP contribution < -0.4 is 5.11 Å². The maximum atomic E-state index is 12.7. The van der Waals surface area contributed by atoms with Crippen LogP contribution in [-0.4, -0.2) is 59.0 Å². The molecule has 2 rings (SSSR count). The van der Waals surface area contributed by atoms with E-state index in [1.807, 2.05) is 30.3 Å². The predicted octanol–water partition coefficient (Wildman–Crippen LogP) is 0.427. The minimum atomic E-state index is -1.32. The van der Waals surface area contributed by atoms with Crippen LogP contribution in [0.4, 0.5) is 4.79 Å². The molecule has 25 heavy (non-hydrogen) atoms. The Morgan fingerprint density at radius 1 is 1.20 bits per heavy atom. The van der Waals surface area contributed by atoms with Crippen LogP contribution in [-0.2, 0) is 20.7 Å². The van der Waals surface area contributed by atoms with Crippen LogP contribution in [0, 0.1) is 0 Å². The summed E-state index contributed by atoms with van der Waals surface area (Å²) in [7, 11) is 0. The van der Waals surface area contributed by atoms with Gasteiger partial charge in [0, 0.05) is 19.5 Å². The van der Waals surface area contributed by atoms with Gasteiger partial charge in [-0.05, 0) is 26.3 Å². The molecule has 1 saturated heterocycles. The minimum Gasteiger partial charge on any atom is -0.548 e. The second-order valence-corrected chi connectivity index (χ2v) is 7.01. The van der Waals surface area contributed by atoms with Gasteiger partial charge in [0.05, 0.1) is 12.5 Å². The Kier molecular flexibility index (Phi) is 5.66. The molecule has 0 bridgehead atoms. The molecule has 1 atom stereocenters. The quantitative estimate of drug-likeness (QED) is 0.788. The zero-order chi connectivity index (χ0) is 18.6. The number of benzene rings is 1. The summed E-state index contributed by atoms with van der Waals surface area (Å²) < 4.78 is 5.40. The number of piperazine rings is 1. The summed E-state index contributed by atoms with van der Waals surface area (Å²) in [6, 6.07) is 8.47. The zero-order valence-corrected chi connectivity index (χ0v) is 14.7. The van der Waals surface area contributed by atoms with Gasteiger partial charge in [0.15, 0.2) is 0 Å². The maximum absolute atomic E-state index is 12.7. The molecule has 1 aliphatic heterocycles. The minimum absolute atomic E-state index is 0.136. The molecule has 2 amide bonds. The molecule has 136 valence electrons. The lowest BCUT2D eigenvalue weighted by Crippen LogP contribution is -2.61. The molecule has 0 radical (unpaired) electrons. The number of rotatable bonds is 4. The maximum Gasteiger partial charge on any atom is 0.411 e. The standard InChI is InChI=1S/C18H24N2O5/c1-18(2,3)25-17(24)20-10-9-19(12-15(21)22)16(23)14(20)11-13-7-5-4-6-8-13/h4-8,14H,9-12H2,1-3H3,(H,21,22)/p-1/t14-/m0/s1. The molecule has 0 aromatic heterocycles. The molecule has 1 aliphatic rings. The summed E-state index contributed by atoms with van der Waals surface area (Å²) in [5, 5.41) is 10.9. The van der Waals surface area contributed by atoms with E-state index in [0.717, 1.165) is 5.56 Å². The average molecular weight is 347 g/mol. The lowest BCUT2D eigenvalue weighted by molar-refractivity contribution is -0.306. The van der Waals surface area contributed by atoms with Crippen molar-refractivity contribution in [1.82, 2.24) is 9.80 Å². The summed E-state index contributed by atoms with van der Waals surface area (Å²) in [5.41, 5.74) is 0.198. The Bertz CT molecular complexity index is 639. The molecule has 1 fully saturated rings. The first-order valence-electron chi connectivity index (χ1n) is 8.19. The SMILES string of the molecule is CC(C)(C)OC(=O)N1CCN(CC(=O)[O-])C(=O)[C@@H]1Cc1ccccc1. The highest BCUT2D eigenvalue weighted by Gasteiger charge is 2.39. The lowest BCUT2D eigenvalue weighted by Gasteiger charge is -2.41. The number of carbonyl (C=O) groups excluding carboxylic acids is 3. The fourth-order valence-corrected chi connectivity index (χ4v) is 2.73. The number of amides is 2. The summed E-state index contributed by atoms with van der Waals surface area (Å²) in [5.74, 6) is -1.73. The Labute approximate surface area is 147 Å². The van der Waals surface area contributed by atoms with Crippen molar-refractivity contribution in [2.75, 3.05) is 19.6 Å². The highest BCUT2D eigenvalue weighted by Crippen LogP contribution is 2.20. The Hall–Kier alpha value is -2.57. The summed E-state index contributed by atoms with van der Waals surface area (Å²) >= 11 is 0. The van der Waals surface area contributed by atoms with Crippen LogP contribution in [0.1, 0.15) is 26.3 Å². The Morgan fingerprint density at radius 2 is 1.84 bits per heavy atom. The number of nitrogens with zero attached hydrogens (tertiary/aromatic N) is 2. The fraction of sp³-hybridized carbons (Fsp3) is 0.500. The van der Waals surface area contributed by atoms with Crippen molar-refractivity contribution < 1.29 is 24.2 Å². The van der Waals surface area contributed by atoms with Crippen molar-refractivity contribution in [3.8, 4) is 0 Å². The van der Waals surface area contributed by atoms with E-state index < -0.39 is 36.2 Å². The molecule has 1 heterocycles.